The number of para-hydroxylation sites is 1. The number of ketones is 1. The van der Waals surface area contributed by atoms with Gasteiger partial charge in [0.25, 0.3) is 0 Å². The molecule has 0 unspecified atom stereocenters. The first-order chi connectivity index (χ1) is 5.13. The third kappa shape index (κ3) is 1.83. The van der Waals surface area contributed by atoms with Gasteiger partial charge in [-0.2, -0.15) is 0 Å². The first kappa shape index (κ1) is 8.78. The molecule has 0 fully saturated rings. The molecule has 0 heterocycles. The molecule has 52 valence electrons. The summed E-state index contributed by atoms with van der Waals surface area (Å²) in [5.41, 5.74) is 0.428. The Balaban J connectivity index is 3.27. The van der Waals surface area contributed by atoms with E-state index in [1.807, 2.05) is 6.07 Å². The Kier molecular flexibility index (Phi) is 2.71. The van der Waals surface area contributed by atoms with Crippen LogP contribution in [0.25, 0.3) is 0 Å². The van der Waals surface area contributed by atoms with Gasteiger partial charge in [-0.15, -0.1) is 0 Å². The van der Waals surface area contributed by atoms with Gasteiger partial charge in [-0.25, -0.2) is 0 Å². The molecule has 0 saturated carbocycles. The number of hydrogen-bond acceptors (Lipinski definition) is 2. The van der Waals surface area contributed by atoms with Gasteiger partial charge in [0.05, 0.1) is 0 Å². The van der Waals surface area contributed by atoms with Gasteiger partial charge < -0.3 is 0 Å². The third-order valence-corrected chi connectivity index (χ3v) is 2.42. The second kappa shape index (κ2) is 3.39. The Morgan fingerprint density at radius 3 is 2.64 bits per heavy atom. The Hall–Kier alpha value is -0.310. The van der Waals surface area contributed by atoms with Crippen LogP contribution in [-0.2, 0) is 0 Å². The molecule has 11 heavy (non-hydrogen) atoms. The molecule has 1 N–H and O–H groups in total. The fraction of sp³-hybridized carbons (Fsp3) is 0.125. The van der Waals surface area contributed by atoms with Gasteiger partial charge in [-0.3, -0.25) is 0 Å². The molecule has 0 aliphatic heterocycles. The summed E-state index contributed by atoms with van der Waals surface area (Å²) in [6, 6.07) is 5.26. The van der Waals surface area contributed by atoms with E-state index in [9.17, 15) is 9.90 Å². The van der Waals surface area contributed by atoms with E-state index in [1.54, 1.807) is 12.1 Å². The van der Waals surface area contributed by atoms with Crippen LogP contribution in [0.5, 0.6) is 5.75 Å². The summed E-state index contributed by atoms with van der Waals surface area (Å²) in [4.78, 5) is 10.9. The number of carbonyl (C=O) groups excluding carboxylic acids is 1. The van der Waals surface area contributed by atoms with Crippen LogP contribution in [0.2, 0.25) is 0 Å². The first-order valence-electron chi connectivity index (χ1n) is 3.42. The molecule has 0 atom stereocenters. The zero-order valence-electron chi connectivity index (χ0n) is 6.59. The van der Waals surface area contributed by atoms with E-state index in [-0.39, 0.29) is 11.5 Å². The second-order valence-electron chi connectivity index (χ2n) is 2.53. The molecule has 0 bridgehead atoms. The van der Waals surface area contributed by atoms with E-state index in [0.29, 0.717) is 5.56 Å². The molecule has 0 aliphatic carbocycles. The number of rotatable bonds is 1. The molecular formula is C8H7NaO2. The van der Waals surface area contributed by atoms with Crippen LogP contribution in [0.15, 0.2) is 18.2 Å². The summed E-state index contributed by atoms with van der Waals surface area (Å²) >= 11 is 0.768. The summed E-state index contributed by atoms with van der Waals surface area (Å²) in [7, 11) is 0. The molecule has 3 heteroatoms. The van der Waals surface area contributed by atoms with Crippen molar-refractivity contribution in [2.24, 2.45) is 0 Å². The van der Waals surface area contributed by atoms with Crippen molar-refractivity contribution in [1.82, 2.24) is 0 Å². The summed E-state index contributed by atoms with van der Waals surface area (Å²) in [5, 5.41) is 9.38. The summed E-state index contributed by atoms with van der Waals surface area (Å²) in [6.07, 6.45) is 0. The second-order valence-corrected chi connectivity index (χ2v) is 3.60. The van der Waals surface area contributed by atoms with E-state index in [4.69, 9.17) is 0 Å². The van der Waals surface area contributed by atoms with Gasteiger partial charge in [0.2, 0.25) is 0 Å². The third-order valence-electron chi connectivity index (χ3n) is 1.62. The Morgan fingerprint density at radius 2 is 2.18 bits per heavy atom. The molecule has 1 aromatic carbocycles. The molecule has 1 rings (SSSR count). The zero-order chi connectivity index (χ0) is 8.43. The minimum atomic E-state index is -0.0831. The molecule has 0 aromatic heterocycles. The summed E-state index contributed by atoms with van der Waals surface area (Å²) in [6.45, 7) is 1.45. The summed E-state index contributed by atoms with van der Waals surface area (Å²) in [5.74, 6) is 0.0758. The van der Waals surface area contributed by atoms with Gasteiger partial charge in [0, 0.05) is 0 Å². The van der Waals surface area contributed by atoms with Crippen LogP contribution in [-0.4, -0.2) is 38.8 Å². The van der Waals surface area contributed by atoms with E-state index in [2.05, 4.69) is 0 Å². The van der Waals surface area contributed by atoms with Crippen LogP contribution in [0, 0.1) is 0 Å². The molecule has 0 saturated heterocycles. The van der Waals surface area contributed by atoms with Crippen molar-refractivity contribution in [3.8, 4) is 5.75 Å². The average molecular weight is 158 g/mol. The van der Waals surface area contributed by atoms with Gasteiger partial charge in [-0.1, -0.05) is 0 Å². The number of phenolic OH excluding ortho intramolecular Hbond substituents is 1. The molecule has 0 spiro atoms. The molecular weight excluding hydrogens is 151 g/mol. The van der Waals surface area contributed by atoms with Crippen molar-refractivity contribution in [1.29, 1.82) is 0 Å². The van der Waals surface area contributed by atoms with Crippen LogP contribution in [0.3, 0.4) is 0 Å². The Morgan fingerprint density at radius 1 is 1.55 bits per heavy atom. The average Bonchev–Trinajstić information content (AvgIpc) is 1.94. The van der Waals surface area contributed by atoms with E-state index in [1.165, 1.54) is 6.92 Å². The molecule has 0 aliphatic rings. The van der Waals surface area contributed by atoms with Crippen LogP contribution >= 0.6 is 0 Å². The topological polar surface area (TPSA) is 37.3 Å². The monoisotopic (exact) mass is 158 g/mol. The van der Waals surface area contributed by atoms with E-state index < -0.39 is 0 Å². The van der Waals surface area contributed by atoms with Crippen molar-refractivity contribution in [2.75, 3.05) is 0 Å². The van der Waals surface area contributed by atoms with Crippen molar-refractivity contribution < 1.29 is 9.90 Å². The molecule has 0 radical (unpaired) electrons. The predicted molar refractivity (Wildman–Crippen MR) is 43.5 cm³/mol. The quantitative estimate of drug-likeness (QED) is 0.474. The van der Waals surface area contributed by atoms with Gasteiger partial charge in [0.1, 0.15) is 0 Å². The van der Waals surface area contributed by atoms with Crippen molar-refractivity contribution in [2.45, 2.75) is 6.92 Å². The number of phenols is 1. The normalized spacial score (nSPS) is 9.73. The van der Waals surface area contributed by atoms with Gasteiger partial charge in [0.15, 0.2) is 0 Å². The van der Waals surface area contributed by atoms with Crippen molar-refractivity contribution >= 4 is 36.5 Å². The first-order valence-corrected chi connectivity index (χ1v) is 4.42. The maximum absolute atomic E-state index is 10.9. The Labute approximate surface area is 82.7 Å². The standard InChI is InChI=1S/C8H7O2.Na/c1-6(9)7-4-2-3-5-8(7)10;/h2-4,10H,1H3;. The number of benzene rings is 1. The number of carbonyl (C=O) groups is 1. The van der Waals surface area contributed by atoms with E-state index in [0.717, 1.165) is 30.7 Å². The molecule has 1 aromatic rings. The number of hydrogen-bond donors (Lipinski definition) is 1. The van der Waals surface area contributed by atoms with Crippen molar-refractivity contribution in [3.63, 3.8) is 0 Å². The van der Waals surface area contributed by atoms with E-state index >= 15 is 0 Å². The fourth-order valence-electron chi connectivity index (χ4n) is 0.943. The number of aromatic hydroxyl groups is 1. The van der Waals surface area contributed by atoms with Crippen molar-refractivity contribution in [3.05, 3.63) is 23.8 Å². The SMILES string of the molecule is CC(=O)c1ccc[c]([Na])c1O. The molecule has 0 amide bonds. The summed E-state index contributed by atoms with van der Waals surface area (Å²) < 4.78 is 0.873. The fourth-order valence-corrected chi connectivity index (χ4v) is 1.40. The predicted octanol–water partition coefficient (Wildman–Crippen LogP) is 0.389. The van der Waals surface area contributed by atoms with Crippen LogP contribution < -0.4 is 2.81 Å². The van der Waals surface area contributed by atoms with Crippen LogP contribution in [0.4, 0.5) is 0 Å². The maximum atomic E-state index is 10.9. The zero-order valence-corrected chi connectivity index (χ0v) is 8.59. The van der Waals surface area contributed by atoms with Gasteiger partial charge in [-0.05, 0) is 0 Å². The number of Topliss-reactive ketones (excluding diaryl/α,β-unsaturated/α-hetero) is 1. The molecule has 2 nitrogen and oxygen atoms in total. The van der Waals surface area contributed by atoms with Gasteiger partial charge >= 0.3 is 82.9 Å². The van der Waals surface area contributed by atoms with Crippen LogP contribution in [0.1, 0.15) is 17.3 Å². The minimum absolute atomic E-state index is 0.0831. The Bertz CT molecular complexity index is 294.